The number of aromatic hydroxyl groups is 1. The Morgan fingerprint density at radius 1 is 1.43 bits per heavy atom. The van der Waals surface area contributed by atoms with E-state index in [2.05, 4.69) is 0 Å². The number of phenols is 1. The minimum atomic E-state index is -1.42. The molecule has 1 unspecified atom stereocenters. The molecule has 0 radical (unpaired) electrons. The molecule has 0 saturated carbocycles. The second-order valence-electron chi connectivity index (χ2n) is 3.67. The molecule has 1 aliphatic rings. The molecule has 1 atom stereocenters. The summed E-state index contributed by atoms with van der Waals surface area (Å²) in [4.78, 5) is 0. The number of halogens is 1. The second-order valence-corrected chi connectivity index (χ2v) is 3.67. The smallest absolute Gasteiger partial charge is 0.159 e. The Bertz CT molecular complexity index is 319. The molecule has 1 saturated heterocycles. The van der Waals surface area contributed by atoms with Gasteiger partial charge in [-0.05, 0) is 30.5 Å². The van der Waals surface area contributed by atoms with E-state index in [1.54, 1.807) is 12.1 Å². The van der Waals surface area contributed by atoms with E-state index in [1.165, 1.54) is 12.1 Å². The van der Waals surface area contributed by atoms with Gasteiger partial charge in [-0.3, -0.25) is 0 Å². The zero-order valence-corrected chi connectivity index (χ0v) is 7.87. The minimum Gasteiger partial charge on any atom is -0.508 e. The van der Waals surface area contributed by atoms with Crippen molar-refractivity contribution in [2.75, 3.05) is 13.2 Å². The van der Waals surface area contributed by atoms with E-state index >= 15 is 0 Å². The molecule has 1 N–H and O–H groups in total. The molecule has 2 nitrogen and oxygen atoms in total. The van der Waals surface area contributed by atoms with E-state index in [-0.39, 0.29) is 12.4 Å². The summed E-state index contributed by atoms with van der Waals surface area (Å²) >= 11 is 0. The van der Waals surface area contributed by atoms with Crippen molar-refractivity contribution < 1.29 is 14.2 Å². The largest absolute Gasteiger partial charge is 0.508 e. The van der Waals surface area contributed by atoms with Crippen molar-refractivity contribution in [1.82, 2.24) is 0 Å². The maximum Gasteiger partial charge on any atom is 0.159 e. The van der Waals surface area contributed by atoms with Crippen LogP contribution in [-0.4, -0.2) is 18.3 Å². The molecule has 0 aromatic heterocycles. The first kappa shape index (κ1) is 9.46. The molecule has 1 aliphatic heterocycles. The zero-order chi connectivity index (χ0) is 10.0. The first-order valence-corrected chi connectivity index (χ1v) is 4.77. The summed E-state index contributed by atoms with van der Waals surface area (Å²) in [5.74, 6) is 0.102. The highest BCUT2D eigenvalue weighted by Gasteiger charge is 2.34. The van der Waals surface area contributed by atoms with Crippen LogP contribution in [0.15, 0.2) is 24.3 Å². The van der Waals surface area contributed by atoms with Gasteiger partial charge < -0.3 is 9.84 Å². The molecule has 0 amide bonds. The van der Waals surface area contributed by atoms with Gasteiger partial charge in [0, 0.05) is 6.61 Å². The van der Waals surface area contributed by atoms with Crippen molar-refractivity contribution in [2.24, 2.45) is 0 Å². The van der Waals surface area contributed by atoms with Crippen molar-refractivity contribution in [3.8, 4) is 5.75 Å². The molecule has 0 bridgehead atoms. The van der Waals surface area contributed by atoms with Crippen molar-refractivity contribution in [1.29, 1.82) is 0 Å². The number of benzene rings is 1. The van der Waals surface area contributed by atoms with Gasteiger partial charge in [0.2, 0.25) is 0 Å². The Morgan fingerprint density at radius 3 is 2.93 bits per heavy atom. The van der Waals surface area contributed by atoms with Gasteiger partial charge in [-0.25, -0.2) is 4.39 Å². The maximum absolute atomic E-state index is 14.2. The van der Waals surface area contributed by atoms with Crippen LogP contribution in [-0.2, 0) is 10.4 Å². The Kier molecular flexibility index (Phi) is 2.42. The lowest BCUT2D eigenvalue weighted by Crippen LogP contribution is -2.31. The van der Waals surface area contributed by atoms with Crippen LogP contribution >= 0.6 is 0 Å². The quantitative estimate of drug-likeness (QED) is 0.747. The average Bonchev–Trinajstić information content (AvgIpc) is 2.19. The monoisotopic (exact) mass is 196 g/mol. The van der Waals surface area contributed by atoms with Gasteiger partial charge in [0.25, 0.3) is 0 Å². The second kappa shape index (κ2) is 3.58. The molecule has 3 heteroatoms. The molecule has 0 aliphatic carbocycles. The van der Waals surface area contributed by atoms with Crippen LogP contribution in [0.25, 0.3) is 0 Å². The Morgan fingerprint density at radius 2 is 2.29 bits per heavy atom. The summed E-state index contributed by atoms with van der Waals surface area (Å²) in [5, 5.41) is 9.25. The summed E-state index contributed by atoms with van der Waals surface area (Å²) in [5.41, 5.74) is -0.908. The van der Waals surface area contributed by atoms with Crippen LogP contribution in [0.4, 0.5) is 4.39 Å². The first-order chi connectivity index (χ1) is 6.71. The van der Waals surface area contributed by atoms with E-state index < -0.39 is 5.67 Å². The van der Waals surface area contributed by atoms with Crippen LogP contribution in [0.3, 0.4) is 0 Å². The van der Waals surface area contributed by atoms with E-state index in [1.807, 2.05) is 0 Å². The normalized spacial score (nSPS) is 27.5. The topological polar surface area (TPSA) is 29.5 Å². The molecule has 1 fully saturated rings. The fourth-order valence-electron chi connectivity index (χ4n) is 1.77. The first-order valence-electron chi connectivity index (χ1n) is 4.77. The molecule has 1 aromatic carbocycles. The third-order valence-corrected chi connectivity index (χ3v) is 2.56. The number of rotatable bonds is 1. The van der Waals surface area contributed by atoms with Gasteiger partial charge >= 0.3 is 0 Å². The zero-order valence-electron chi connectivity index (χ0n) is 7.87. The number of hydrogen-bond donors (Lipinski definition) is 1. The highest BCUT2D eigenvalue weighted by Crippen LogP contribution is 2.35. The predicted octanol–water partition coefficient (Wildman–Crippen LogP) is 2.37. The molecule has 1 heterocycles. The van der Waals surface area contributed by atoms with Crippen LogP contribution in [0.5, 0.6) is 5.75 Å². The maximum atomic E-state index is 14.2. The summed E-state index contributed by atoms with van der Waals surface area (Å²) in [6.45, 7) is 0.723. The Balaban J connectivity index is 2.28. The van der Waals surface area contributed by atoms with Crippen molar-refractivity contribution in [2.45, 2.75) is 18.5 Å². The molecular formula is C11H13FO2. The highest BCUT2D eigenvalue weighted by atomic mass is 19.1. The molecular weight excluding hydrogens is 183 g/mol. The number of phenolic OH excluding ortho intramolecular Hbond substituents is 1. The molecule has 2 rings (SSSR count). The van der Waals surface area contributed by atoms with Crippen LogP contribution in [0.2, 0.25) is 0 Å². The summed E-state index contributed by atoms with van der Waals surface area (Å²) < 4.78 is 19.4. The number of alkyl halides is 1. The highest BCUT2D eigenvalue weighted by molar-refractivity contribution is 5.31. The Labute approximate surface area is 82.3 Å². The number of ether oxygens (including phenoxy) is 1. The third-order valence-electron chi connectivity index (χ3n) is 2.56. The number of hydrogen-bond acceptors (Lipinski definition) is 2. The summed E-state index contributed by atoms with van der Waals surface area (Å²) in [6, 6.07) is 6.35. The van der Waals surface area contributed by atoms with Gasteiger partial charge in [0.15, 0.2) is 5.67 Å². The van der Waals surface area contributed by atoms with Crippen molar-refractivity contribution in [3.63, 3.8) is 0 Å². The summed E-state index contributed by atoms with van der Waals surface area (Å²) in [6.07, 6.45) is 1.20. The fraction of sp³-hybridized carbons (Fsp3) is 0.455. The van der Waals surface area contributed by atoms with Gasteiger partial charge in [-0.15, -0.1) is 0 Å². The molecule has 76 valence electrons. The van der Waals surface area contributed by atoms with Gasteiger partial charge in [0.05, 0.1) is 6.61 Å². The lowest BCUT2D eigenvalue weighted by molar-refractivity contribution is -0.0348. The lowest BCUT2D eigenvalue weighted by Gasteiger charge is -2.29. The van der Waals surface area contributed by atoms with Crippen LogP contribution in [0.1, 0.15) is 18.4 Å². The average molecular weight is 196 g/mol. The predicted molar refractivity (Wildman–Crippen MR) is 50.9 cm³/mol. The SMILES string of the molecule is Oc1cccc(C2(F)CCCOC2)c1. The van der Waals surface area contributed by atoms with Crippen LogP contribution < -0.4 is 0 Å². The van der Waals surface area contributed by atoms with E-state index in [9.17, 15) is 9.50 Å². The molecule has 0 spiro atoms. The molecule has 14 heavy (non-hydrogen) atoms. The van der Waals surface area contributed by atoms with Gasteiger partial charge in [-0.1, -0.05) is 12.1 Å². The van der Waals surface area contributed by atoms with E-state index in [0.29, 0.717) is 18.6 Å². The standard InChI is InChI=1S/C11H13FO2/c12-11(5-2-6-14-8-11)9-3-1-4-10(13)7-9/h1,3-4,7,13H,2,5-6,8H2. The lowest BCUT2D eigenvalue weighted by atomic mass is 9.90. The minimum absolute atomic E-state index is 0.0937. The van der Waals surface area contributed by atoms with Gasteiger partial charge in [0.1, 0.15) is 5.75 Å². The summed E-state index contributed by atoms with van der Waals surface area (Å²) in [7, 11) is 0. The van der Waals surface area contributed by atoms with Crippen molar-refractivity contribution in [3.05, 3.63) is 29.8 Å². The van der Waals surface area contributed by atoms with E-state index in [4.69, 9.17) is 4.74 Å². The molecule has 1 aromatic rings. The van der Waals surface area contributed by atoms with Gasteiger partial charge in [-0.2, -0.15) is 0 Å². The van der Waals surface area contributed by atoms with Crippen molar-refractivity contribution >= 4 is 0 Å². The fourth-order valence-corrected chi connectivity index (χ4v) is 1.77. The Hall–Kier alpha value is -1.09. The van der Waals surface area contributed by atoms with Crippen LogP contribution in [0, 0.1) is 0 Å². The van der Waals surface area contributed by atoms with E-state index in [0.717, 1.165) is 6.42 Å². The third kappa shape index (κ3) is 1.73.